The van der Waals surface area contributed by atoms with Crippen molar-refractivity contribution in [2.75, 3.05) is 12.3 Å². The Kier molecular flexibility index (Phi) is 3.13. The largest absolute Gasteiger partial charge is 0.491 e. The third-order valence-corrected chi connectivity index (χ3v) is 3.42. The molecule has 2 N–H and O–H groups in total. The average Bonchev–Trinajstić information content (AvgIpc) is 2.83. The molecule has 5 nitrogen and oxygen atoms in total. The van der Waals surface area contributed by atoms with Gasteiger partial charge in [-0.25, -0.2) is 4.98 Å². The minimum Gasteiger partial charge on any atom is -0.491 e. The van der Waals surface area contributed by atoms with Gasteiger partial charge in [-0.05, 0) is 17.2 Å². The van der Waals surface area contributed by atoms with Crippen LogP contribution in [0.25, 0.3) is 0 Å². The highest BCUT2D eigenvalue weighted by atomic mass is 16.5. The van der Waals surface area contributed by atoms with Crippen molar-refractivity contribution in [3.63, 3.8) is 0 Å². The number of aromatic nitrogens is 1. The van der Waals surface area contributed by atoms with E-state index in [-0.39, 0.29) is 6.04 Å². The van der Waals surface area contributed by atoms with Gasteiger partial charge in [0.15, 0.2) is 6.19 Å². The van der Waals surface area contributed by atoms with Gasteiger partial charge in [0.05, 0.1) is 12.6 Å². The number of nitriles is 1. The molecule has 1 aromatic carbocycles. The van der Waals surface area contributed by atoms with Crippen LogP contribution in [0.3, 0.4) is 0 Å². The highest BCUT2D eigenvalue weighted by molar-refractivity contribution is 5.37. The molecule has 0 fully saturated rings. The van der Waals surface area contributed by atoms with E-state index in [1.165, 1.54) is 5.56 Å². The number of benzene rings is 1. The molecule has 1 atom stereocenters. The molecule has 0 saturated heterocycles. The Morgan fingerprint density at radius 2 is 2.25 bits per heavy atom. The highest BCUT2D eigenvalue weighted by Crippen LogP contribution is 2.33. The summed E-state index contributed by atoms with van der Waals surface area (Å²) in [6, 6.07) is 11.4. The van der Waals surface area contributed by atoms with Crippen LogP contribution in [0.2, 0.25) is 0 Å². The fraction of sp³-hybridized carbons (Fsp3) is 0.200. The van der Waals surface area contributed by atoms with Gasteiger partial charge < -0.3 is 10.5 Å². The van der Waals surface area contributed by atoms with Gasteiger partial charge in [-0.3, -0.25) is 4.90 Å². The summed E-state index contributed by atoms with van der Waals surface area (Å²) >= 11 is 0. The van der Waals surface area contributed by atoms with Crippen LogP contribution in [-0.2, 0) is 6.54 Å². The molecule has 0 saturated carbocycles. The SMILES string of the molecule is N#CN1Cc2ccccc2C1COc1ccnc(N)c1. The van der Waals surface area contributed by atoms with E-state index in [0.717, 1.165) is 5.56 Å². The van der Waals surface area contributed by atoms with E-state index in [1.54, 1.807) is 23.2 Å². The topological polar surface area (TPSA) is 75.2 Å². The van der Waals surface area contributed by atoms with Crippen LogP contribution in [0.4, 0.5) is 5.82 Å². The number of rotatable bonds is 3. The molecule has 1 aromatic heterocycles. The van der Waals surface area contributed by atoms with Gasteiger partial charge in [0, 0.05) is 12.3 Å². The zero-order chi connectivity index (χ0) is 13.9. The molecule has 2 heterocycles. The maximum atomic E-state index is 9.24. The van der Waals surface area contributed by atoms with E-state index in [4.69, 9.17) is 10.5 Å². The van der Waals surface area contributed by atoms with Crippen molar-refractivity contribution >= 4 is 5.82 Å². The smallest absolute Gasteiger partial charge is 0.180 e. The number of anilines is 1. The predicted octanol–water partition coefficient (Wildman–Crippen LogP) is 2.08. The van der Waals surface area contributed by atoms with Gasteiger partial charge in [-0.15, -0.1) is 0 Å². The summed E-state index contributed by atoms with van der Waals surface area (Å²) in [6.45, 7) is 1.05. The molecule has 0 bridgehead atoms. The second-order valence-electron chi connectivity index (χ2n) is 4.67. The maximum Gasteiger partial charge on any atom is 0.180 e. The van der Waals surface area contributed by atoms with Crippen molar-refractivity contribution in [1.29, 1.82) is 5.26 Å². The lowest BCUT2D eigenvalue weighted by atomic mass is 10.1. The van der Waals surface area contributed by atoms with E-state index in [2.05, 4.69) is 11.2 Å². The molecular formula is C15H14N4O. The molecule has 2 aromatic rings. The molecule has 0 aliphatic carbocycles. The zero-order valence-electron chi connectivity index (χ0n) is 10.9. The predicted molar refractivity (Wildman–Crippen MR) is 74.5 cm³/mol. The minimum absolute atomic E-state index is 0.0504. The number of nitrogens with zero attached hydrogens (tertiary/aromatic N) is 3. The number of hydrogen-bond acceptors (Lipinski definition) is 5. The van der Waals surface area contributed by atoms with Crippen molar-refractivity contribution in [2.24, 2.45) is 0 Å². The van der Waals surface area contributed by atoms with Crippen LogP contribution in [-0.4, -0.2) is 16.5 Å². The summed E-state index contributed by atoms with van der Waals surface area (Å²) in [5.41, 5.74) is 7.95. The number of fused-ring (bicyclic) bond motifs is 1. The molecule has 1 aliphatic rings. The van der Waals surface area contributed by atoms with Gasteiger partial charge >= 0.3 is 0 Å². The summed E-state index contributed by atoms with van der Waals surface area (Å²) in [5, 5.41) is 9.24. The van der Waals surface area contributed by atoms with E-state index in [0.29, 0.717) is 24.7 Å². The lowest BCUT2D eigenvalue weighted by Gasteiger charge is -2.19. The summed E-state index contributed by atoms with van der Waals surface area (Å²) < 4.78 is 5.75. The lowest BCUT2D eigenvalue weighted by Crippen LogP contribution is -2.22. The fourth-order valence-corrected chi connectivity index (χ4v) is 2.44. The average molecular weight is 266 g/mol. The molecule has 0 radical (unpaired) electrons. The number of hydrogen-bond donors (Lipinski definition) is 1. The Bertz CT molecular complexity index is 665. The first-order valence-corrected chi connectivity index (χ1v) is 6.36. The first kappa shape index (κ1) is 12.3. The minimum atomic E-state index is -0.0504. The van der Waals surface area contributed by atoms with Gasteiger partial charge in [0.1, 0.15) is 18.2 Å². The van der Waals surface area contributed by atoms with Crippen molar-refractivity contribution in [2.45, 2.75) is 12.6 Å². The third-order valence-electron chi connectivity index (χ3n) is 3.42. The van der Waals surface area contributed by atoms with Gasteiger partial charge in [-0.2, -0.15) is 5.26 Å². The number of ether oxygens (including phenoxy) is 1. The highest BCUT2D eigenvalue weighted by Gasteiger charge is 2.29. The summed E-state index contributed by atoms with van der Waals surface area (Å²) in [4.78, 5) is 5.65. The van der Waals surface area contributed by atoms with Gasteiger partial charge in [0.2, 0.25) is 0 Å². The summed E-state index contributed by atoms with van der Waals surface area (Å²) in [6.07, 6.45) is 3.83. The molecule has 0 amide bonds. The number of nitrogens with two attached hydrogens (primary N) is 1. The molecule has 1 aliphatic heterocycles. The number of pyridine rings is 1. The van der Waals surface area contributed by atoms with E-state index in [1.807, 2.05) is 24.3 Å². The van der Waals surface area contributed by atoms with E-state index in [9.17, 15) is 5.26 Å². The van der Waals surface area contributed by atoms with Crippen molar-refractivity contribution < 1.29 is 4.74 Å². The first-order chi connectivity index (χ1) is 9.78. The van der Waals surface area contributed by atoms with Crippen LogP contribution in [0, 0.1) is 11.5 Å². The quantitative estimate of drug-likeness (QED) is 0.861. The molecule has 20 heavy (non-hydrogen) atoms. The summed E-state index contributed by atoms with van der Waals surface area (Å²) in [5.74, 6) is 1.09. The van der Waals surface area contributed by atoms with Crippen LogP contribution in [0.15, 0.2) is 42.6 Å². The van der Waals surface area contributed by atoms with Crippen molar-refractivity contribution in [1.82, 2.24) is 9.88 Å². The zero-order valence-corrected chi connectivity index (χ0v) is 10.9. The Balaban J connectivity index is 1.78. The fourth-order valence-electron chi connectivity index (χ4n) is 2.44. The third kappa shape index (κ3) is 2.24. The molecule has 3 rings (SSSR count). The molecule has 100 valence electrons. The Morgan fingerprint density at radius 3 is 3.05 bits per heavy atom. The second kappa shape index (κ2) is 5.10. The van der Waals surface area contributed by atoms with Crippen LogP contribution in [0.5, 0.6) is 5.75 Å². The van der Waals surface area contributed by atoms with Gasteiger partial charge in [0.25, 0.3) is 0 Å². The van der Waals surface area contributed by atoms with Crippen LogP contribution in [0.1, 0.15) is 17.2 Å². The monoisotopic (exact) mass is 266 g/mol. The lowest BCUT2D eigenvalue weighted by molar-refractivity contribution is 0.200. The summed E-state index contributed by atoms with van der Waals surface area (Å²) in [7, 11) is 0. The van der Waals surface area contributed by atoms with Crippen molar-refractivity contribution in [3.8, 4) is 11.9 Å². The molecule has 5 heteroatoms. The number of nitrogen functional groups attached to an aromatic ring is 1. The Hall–Kier alpha value is -2.74. The maximum absolute atomic E-state index is 9.24. The van der Waals surface area contributed by atoms with E-state index < -0.39 is 0 Å². The normalized spacial score (nSPS) is 16.6. The van der Waals surface area contributed by atoms with Crippen molar-refractivity contribution in [3.05, 3.63) is 53.7 Å². The Morgan fingerprint density at radius 1 is 1.40 bits per heavy atom. The van der Waals surface area contributed by atoms with Gasteiger partial charge in [-0.1, -0.05) is 24.3 Å². The molecule has 1 unspecified atom stereocenters. The second-order valence-corrected chi connectivity index (χ2v) is 4.67. The van der Waals surface area contributed by atoms with Crippen LogP contribution < -0.4 is 10.5 Å². The Labute approximate surface area is 117 Å². The van der Waals surface area contributed by atoms with E-state index >= 15 is 0 Å². The van der Waals surface area contributed by atoms with Crippen LogP contribution >= 0.6 is 0 Å². The first-order valence-electron chi connectivity index (χ1n) is 6.36. The molecular weight excluding hydrogens is 252 g/mol. The standard InChI is InChI=1S/C15H14N4O/c16-10-19-8-11-3-1-2-4-13(11)14(19)9-20-12-5-6-18-15(17)7-12/h1-7,14H,8-9H2,(H2,17,18). The molecule has 0 spiro atoms.